The van der Waals surface area contributed by atoms with E-state index in [0.29, 0.717) is 23.7 Å². The molecule has 0 fully saturated rings. The molecule has 23 heavy (non-hydrogen) atoms. The molecule has 0 unspecified atom stereocenters. The highest BCUT2D eigenvalue weighted by Crippen LogP contribution is 2.27. The zero-order valence-electron chi connectivity index (χ0n) is 14.2. The fourth-order valence-electron chi connectivity index (χ4n) is 2.52. The van der Waals surface area contributed by atoms with Gasteiger partial charge in [0, 0.05) is 24.7 Å². The van der Waals surface area contributed by atoms with Gasteiger partial charge >= 0.3 is 0 Å². The quantitative estimate of drug-likeness (QED) is 0.772. The summed E-state index contributed by atoms with van der Waals surface area (Å²) in [6.07, 6.45) is 1.58. The van der Waals surface area contributed by atoms with Gasteiger partial charge in [-0.2, -0.15) is 4.31 Å². The maximum Gasteiger partial charge on any atom is 0.243 e. The summed E-state index contributed by atoms with van der Waals surface area (Å²) in [6.45, 7) is 8.68. The molecule has 0 amide bonds. The molecule has 0 bridgehead atoms. The summed E-state index contributed by atoms with van der Waals surface area (Å²) < 4.78 is 32.8. The van der Waals surface area contributed by atoms with Crippen LogP contribution >= 0.6 is 0 Å². The Hall–Kier alpha value is -1.66. The van der Waals surface area contributed by atoms with Gasteiger partial charge in [-0.15, -0.1) is 0 Å². The lowest BCUT2D eigenvalue weighted by Gasteiger charge is -2.22. The average Bonchev–Trinajstić information content (AvgIpc) is 2.94. The van der Waals surface area contributed by atoms with Gasteiger partial charge < -0.3 is 4.52 Å². The molecule has 1 aromatic heterocycles. The summed E-state index contributed by atoms with van der Waals surface area (Å²) >= 11 is 0. The molecule has 0 spiro atoms. The zero-order chi connectivity index (χ0) is 17.0. The summed E-state index contributed by atoms with van der Waals surface area (Å²) in [5.41, 5.74) is 2.23. The molecule has 1 heterocycles. The van der Waals surface area contributed by atoms with Crippen LogP contribution in [0.15, 0.2) is 33.7 Å². The molecular weight excluding hydrogens is 312 g/mol. The zero-order valence-corrected chi connectivity index (χ0v) is 15.0. The van der Waals surface area contributed by atoms with Crippen LogP contribution in [-0.4, -0.2) is 31.0 Å². The van der Waals surface area contributed by atoms with Crippen LogP contribution in [0.4, 0.5) is 0 Å². The van der Waals surface area contributed by atoms with E-state index in [4.69, 9.17) is 4.52 Å². The molecule has 6 heteroatoms. The first-order valence-electron chi connectivity index (χ1n) is 7.94. The fourth-order valence-corrected chi connectivity index (χ4v) is 4.40. The summed E-state index contributed by atoms with van der Waals surface area (Å²) in [7, 11) is -3.51. The third-order valence-corrected chi connectivity index (χ3v) is 5.71. The Morgan fingerprint density at radius 1 is 1.09 bits per heavy atom. The van der Waals surface area contributed by atoms with Gasteiger partial charge in [-0.1, -0.05) is 31.1 Å². The molecule has 0 aliphatic carbocycles. The maximum absolute atomic E-state index is 13.0. The SMILES string of the molecule is CCCN(CCC)S(=O)(=O)c1cc(-c2cc(C)no2)ccc1C. The van der Waals surface area contributed by atoms with Gasteiger partial charge in [-0.25, -0.2) is 8.42 Å². The molecular formula is C17H24N2O3S. The third kappa shape index (κ3) is 3.82. The highest BCUT2D eigenvalue weighted by atomic mass is 32.2. The van der Waals surface area contributed by atoms with Crippen LogP contribution in [0.25, 0.3) is 11.3 Å². The van der Waals surface area contributed by atoms with Gasteiger partial charge in [-0.3, -0.25) is 0 Å². The Balaban J connectivity index is 2.48. The molecule has 0 saturated carbocycles. The second kappa shape index (κ2) is 7.27. The number of nitrogens with zero attached hydrogens (tertiary/aromatic N) is 2. The number of aryl methyl sites for hydroxylation is 2. The van der Waals surface area contributed by atoms with E-state index in [1.807, 2.05) is 39.8 Å². The minimum Gasteiger partial charge on any atom is -0.356 e. The number of hydrogen-bond donors (Lipinski definition) is 0. The van der Waals surface area contributed by atoms with Crippen molar-refractivity contribution in [2.75, 3.05) is 13.1 Å². The Morgan fingerprint density at radius 2 is 1.74 bits per heavy atom. The highest BCUT2D eigenvalue weighted by Gasteiger charge is 2.25. The Bertz CT molecular complexity index is 760. The second-order valence-electron chi connectivity index (χ2n) is 5.72. The molecule has 5 nitrogen and oxygen atoms in total. The van der Waals surface area contributed by atoms with E-state index in [1.165, 1.54) is 0 Å². The number of rotatable bonds is 7. The van der Waals surface area contributed by atoms with Crippen LogP contribution in [0, 0.1) is 13.8 Å². The third-order valence-electron chi connectivity index (χ3n) is 3.66. The van der Waals surface area contributed by atoms with Crippen LogP contribution in [0.1, 0.15) is 37.9 Å². The van der Waals surface area contributed by atoms with E-state index in [9.17, 15) is 8.42 Å². The van der Waals surface area contributed by atoms with Crippen molar-refractivity contribution in [3.05, 3.63) is 35.5 Å². The Morgan fingerprint density at radius 3 is 2.26 bits per heavy atom. The van der Waals surface area contributed by atoms with Gasteiger partial charge in [0.25, 0.3) is 0 Å². The van der Waals surface area contributed by atoms with E-state index in [1.54, 1.807) is 16.4 Å². The predicted molar refractivity (Wildman–Crippen MR) is 90.8 cm³/mol. The van der Waals surface area contributed by atoms with E-state index >= 15 is 0 Å². The lowest BCUT2D eigenvalue weighted by Crippen LogP contribution is -2.33. The van der Waals surface area contributed by atoms with Gasteiger partial charge in [0.1, 0.15) is 0 Å². The summed E-state index contributed by atoms with van der Waals surface area (Å²) in [5, 5.41) is 3.87. The molecule has 1 aromatic carbocycles. The predicted octanol–water partition coefficient (Wildman–Crippen LogP) is 3.77. The highest BCUT2D eigenvalue weighted by molar-refractivity contribution is 7.89. The first kappa shape index (κ1) is 17.7. The lowest BCUT2D eigenvalue weighted by molar-refractivity contribution is 0.409. The summed E-state index contributed by atoms with van der Waals surface area (Å²) in [4.78, 5) is 0.339. The van der Waals surface area contributed by atoms with Crippen LogP contribution in [0.2, 0.25) is 0 Å². The molecule has 126 valence electrons. The smallest absolute Gasteiger partial charge is 0.243 e. The molecule has 0 radical (unpaired) electrons. The van der Waals surface area contributed by atoms with E-state index in [-0.39, 0.29) is 0 Å². The molecule has 0 saturated heterocycles. The molecule has 0 atom stereocenters. The topological polar surface area (TPSA) is 63.4 Å². The van der Waals surface area contributed by atoms with Crippen molar-refractivity contribution in [1.29, 1.82) is 0 Å². The lowest BCUT2D eigenvalue weighted by atomic mass is 10.1. The van der Waals surface area contributed by atoms with Crippen molar-refractivity contribution < 1.29 is 12.9 Å². The van der Waals surface area contributed by atoms with Gasteiger partial charge in [0.15, 0.2) is 5.76 Å². The minimum atomic E-state index is -3.51. The molecule has 0 aliphatic rings. The van der Waals surface area contributed by atoms with Crippen LogP contribution < -0.4 is 0 Å². The first-order chi connectivity index (χ1) is 10.9. The van der Waals surface area contributed by atoms with Crippen molar-refractivity contribution in [3.8, 4) is 11.3 Å². The van der Waals surface area contributed by atoms with Crippen molar-refractivity contribution in [2.45, 2.75) is 45.4 Å². The number of aromatic nitrogens is 1. The number of benzene rings is 1. The second-order valence-corrected chi connectivity index (χ2v) is 7.62. The van der Waals surface area contributed by atoms with Gasteiger partial charge in [0.05, 0.1) is 10.6 Å². The van der Waals surface area contributed by atoms with E-state index in [0.717, 1.165) is 29.7 Å². The Kier molecular flexibility index (Phi) is 5.59. The van der Waals surface area contributed by atoms with E-state index < -0.39 is 10.0 Å². The standard InChI is InChI=1S/C17H24N2O3S/c1-5-9-19(10-6-2)23(20,21)17-12-15(8-7-13(17)3)16-11-14(4)18-22-16/h7-8,11-12H,5-6,9-10H2,1-4H3. The van der Waals surface area contributed by atoms with E-state index in [2.05, 4.69) is 5.16 Å². The van der Waals surface area contributed by atoms with Gasteiger partial charge in [0.2, 0.25) is 10.0 Å². The molecule has 2 rings (SSSR count). The summed E-state index contributed by atoms with van der Waals surface area (Å²) in [6, 6.07) is 7.16. The largest absolute Gasteiger partial charge is 0.356 e. The molecule has 0 N–H and O–H groups in total. The van der Waals surface area contributed by atoms with Crippen molar-refractivity contribution in [1.82, 2.24) is 9.46 Å². The fraction of sp³-hybridized carbons (Fsp3) is 0.471. The molecule has 0 aliphatic heterocycles. The van der Waals surface area contributed by atoms with Crippen molar-refractivity contribution in [3.63, 3.8) is 0 Å². The Labute approximate surface area is 138 Å². The monoisotopic (exact) mass is 336 g/mol. The number of hydrogen-bond acceptors (Lipinski definition) is 4. The molecule has 2 aromatic rings. The average molecular weight is 336 g/mol. The summed E-state index contributed by atoms with van der Waals surface area (Å²) in [5.74, 6) is 0.580. The normalized spacial score (nSPS) is 12.0. The van der Waals surface area contributed by atoms with Gasteiger partial charge in [-0.05, 0) is 38.3 Å². The van der Waals surface area contributed by atoms with Crippen LogP contribution in [0.5, 0.6) is 0 Å². The first-order valence-corrected chi connectivity index (χ1v) is 9.38. The number of sulfonamides is 1. The minimum absolute atomic E-state index is 0.339. The van der Waals surface area contributed by atoms with Crippen molar-refractivity contribution in [2.24, 2.45) is 0 Å². The van der Waals surface area contributed by atoms with Crippen LogP contribution in [-0.2, 0) is 10.0 Å². The van der Waals surface area contributed by atoms with Crippen molar-refractivity contribution >= 4 is 10.0 Å². The maximum atomic E-state index is 13.0. The van der Waals surface area contributed by atoms with Crippen LogP contribution in [0.3, 0.4) is 0 Å².